The number of hydrogen-bond donors (Lipinski definition) is 0. The van der Waals surface area contributed by atoms with E-state index in [9.17, 15) is 14.4 Å². The zero-order valence-corrected chi connectivity index (χ0v) is 52.9. The molecule has 0 aliphatic rings. The molecule has 1 atom stereocenters. The molecule has 0 aliphatic heterocycles. The van der Waals surface area contributed by atoms with Crippen molar-refractivity contribution in [3.05, 3.63) is 194 Å². The van der Waals surface area contributed by atoms with Crippen LogP contribution in [0.2, 0.25) is 0 Å². The minimum Gasteiger partial charge on any atom is -0.462 e. The molecule has 0 fully saturated rings. The first-order valence-corrected chi connectivity index (χ1v) is 32.9. The second-order valence-corrected chi connectivity index (χ2v) is 20.9. The van der Waals surface area contributed by atoms with Crippen LogP contribution in [0.25, 0.3) is 0 Å². The van der Waals surface area contributed by atoms with Gasteiger partial charge < -0.3 is 14.2 Å². The Labute approximate surface area is 509 Å². The second kappa shape index (κ2) is 68.7. The standard InChI is InChI=1S/C77H118O6/c1-4-7-10-13-16-19-22-25-27-29-31-33-35-37-38-40-41-43-45-47-49-52-55-58-61-64-67-70-76(79)82-73-74(72-81-75(78)69-66-63-60-57-54-51-24-21-18-15-12-9-6-3)83-77(80)71-68-65-62-59-56-53-50-48-46-44-42-39-36-34-32-30-28-26-23-20-17-14-11-8-5-2/h7-12,16-21,25-28,31-34,37-39,42,46,48,51,53-54,56,60,63,74H,4-6,13-15,22-24,29-30,35-36,40-41,43-45,47,49-50,52,55,57-59,61-62,64-73H2,1-3H3/b10-7-,11-8-,12-9-,19-16-,20-17-,21-18-,27-25-,28-26-,33-31-,34-32-,38-37-,42-39-,48-46-,54-51-,56-53-,63-60-. The fourth-order valence-electron chi connectivity index (χ4n) is 8.29. The summed E-state index contributed by atoms with van der Waals surface area (Å²) in [5.41, 5.74) is 0. The molecule has 6 heteroatoms. The summed E-state index contributed by atoms with van der Waals surface area (Å²) in [7, 11) is 0. The van der Waals surface area contributed by atoms with Crippen LogP contribution in [0.1, 0.15) is 252 Å². The zero-order valence-electron chi connectivity index (χ0n) is 52.9. The molecule has 0 rings (SSSR count). The molecule has 0 aromatic rings. The van der Waals surface area contributed by atoms with E-state index in [1.165, 1.54) is 57.8 Å². The maximum absolute atomic E-state index is 12.9. The lowest BCUT2D eigenvalue weighted by Gasteiger charge is -2.18. The lowest BCUT2D eigenvalue weighted by molar-refractivity contribution is -0.166. The summed E-state index contributed by atoms with van der Waals surface area (Å²) in [5, 5.41) is 0. The number of esters is 3. The average Bonchev–Trinajstić information content (AvgIpc) is 3.49. The molecule has 0 saturated carbocycles. The van der Waals surface area contributed by atoms with Crippen molar-refractivity contribution in [3.8, 4) is 0 Å². The Hall–Kier alpha value is -5.75. The molecule has 6 nitrogen and oxygen atoms in total. The molecule has 1 unspecified atom stereocenters. The smallest absolute Gasteiger partial charge is 0.306 e. The predicted octanol–water partition coefficient (Wildman–Crippen LogP) is 23.0. The van der Waals surface area contributed by atoms with Gasteiger partial charge in [-0.05, 0) is 148 Å². The summed E-state index contributed by atoms with van der Waals surface area (Å²) in [6.45, 7) is 6.19. The van der Waals surface area contributed by atoms with Gasteiger partial charge in [-0.15, -0.1) is 0 Å². The lowest BCUT2D eigenvalue weighted by Crippen LogP contribution is -2.30. The van der Waals surface area contributed by atoms with Crippen LogP contribution in [0.15, 0.2) is 194 Å². The van der Waals surface area contributed by atoms with Crippen LogP contribution >= 0.6 is 0 Å². The number of rotatable bonds is 57. The monoisotopic (exact) mass is 1140 g/mol. The van der Waals surface area contributed by atoms with Crippen molar-refractivity contribution >= 4 is 17.9 Å². The first kappa shape index (κ1) is 77.2. The van der Waals surface area contributed by atoms with E-state index < -0.39 is 6.10 Å². The summed E-state index contributed by atoms with van der Waals surface area (Å²) in [6, 6.07) is 0. The molecule has 0 heterocycles. The van der Waals surface area contributed by atoms with E-state index in [0.29, 0.717) is 19.3 Å². The van der Waals surface area contributed by atoms with Gasteiger partial charge in [-0.25, -0.2) is 0 Å². The van der Waals surface area contributed by atoms with E-state index >= 15 is 0 Å². The van der Waals surface area contributed by atoms with Gasteiger partial charge in [0.05, 0.1) is 0 Å². The van der Waals surface area contributed by atoms with Crippen LogP contribution < -0.4 is 0 Å². The molecule has 0 bridgehead atoms. The molecule has 0 aromatic heterocycles. The Bertz CT molecular complexity index is 1990. The molecule has 0 radical (unpaired) electrons. The summed E-state index contributed by atoms with van der Waals surface area (Å²) < 4.78 is 16.8. The number of ether oxygens (including phenoxy) is 3. The van der Waals surface area contributed by atoms with Gasteiger partial charge in [0.1, 0.15) is 13.2 Å². The molecular formula is C77H118O6. The Kier molecular flexibility index (Phi) is 64.0. The molecule has 0 saturated heterocycles. The third-order valence-corrected chi connectivity index (χ3v) is 13.1. The van der Waals surface area contributed by atoms with E-state index in [4.69, 9.17) is 14.2 Å². The molecule has 462 valence electrons. The van der Waals surface area contributed by atoms with E-state index in [0.717, 1.165) is 141 Å². The largest absolute Gasteiger partial charge is 0.462 e. The highest BCUT2D eigenvalue weighted by molar-refractivity contribution is 5.71. The minimum absolute atomic E-state index is 0.125. The summed E-state index contributed by atoms with van der Waals surface area (Å²) >= 11 is 0. The number of hydrogen-bond acceptors (Lipinski definition) is 6. The first-order valence-electron chi connectivity index (χ1n) is 32.9. The van der Waals surface area contributed by atoms with Gasteiger partial charge >= 0.3 is 17.9 Å². The Balaban J connectivity index is 4.46. The SMILES string of the molecule is CC/C=C\C/C=C\C/C=C\C/C=C\C/C=C\C/C=C\C/C=C\CCCCCC(=O)OC(COC(=O)CC/C=C\C/C=C\C/C=C\C/C=C\CC)COC(=O)CCCCCCCCCCCCC/C=C\C/C=C\C/C=C\C/C=C\C/C=C\CC. The quantitative estimate of drug-likeness (QED) is 0.0261. The Morgan fingerprint density at radius 2 is 0.458 bits per heavy atom. The summed E-state index contributed by atoms with van der Waals surface area (Å²) in [5.74, 6) is -1.05. The first-order chi connectivity index (χ1) is 41.0. The van der Waals surface area contributed by atoms with Gasteiger partial charge in [-0.3, -0.25) is 14.4 Å². The third kappa shape index (κ3) is 66.9. The van der Waals surface area contributed by atoms with Gasteiger partial charge in [0.2, 0.25) is 0 Å². The fourth-order valence-corrected chi connectivity index (χ4v) is 8.29. The highest BCUT2D eigenvalue weighted by Crippen LogP contribution is 2.14. The van der Waals surface area contributed by atoms with Crippen LogP contribution in [0, 0.1) is 0 Å². The van der Waals surface area contributed by atoms with Crippen molar-refractivity contribution in [1.29, 1.82) is 0 Å². The van der Waals surface area contributed by atoms with Crippen molar-refractivity contribution in [3.63, 3.8) is 0 Å². The van der Waals surface area contributed by atoms with Crippen molar-refractivity contribution in [2.45, 2.75) is 258 Å². The highest BCUT2D eigenvalue weighted by Gasteiger charge is 2.19. The van der Waals surface area contributed by atoms with Crippen LogP contribution in [-0.2, 0) is 28.6 Å². The van der Waals surface area contributed by atoms with Gasteiger partial charge in [0.25, 0.3) is 0 Å². The van der Waals surface area contributed by atoms with E-state index in [2.05, 4.69) is 203 Å². The van der Waals surface area contributed by atoms with Gasteiger partial charge in [-0.1, -0.05) is 279 Å². The number of allylic oxidation sites excluding steroid dienone is 32. The molecule has 0 aromatic carbocycles. The Morgan fingerprint density at radius 1 is 0.241 bits per heavy atom. The predicted molar refractivity (Wildman–Crippen MR) is 361 cm³/mol. The summed E-state index contributed by atoms with van der Waals surface area (Å²) in [4.78, 5) is 38.3. The highest BCUT2D eigenvalue weighted by atomic mass is 16.6. The third-order valence-electron chi connectivity index (χ3n) is 13.1. The van der Waals surface area contributed by atoms with E-state index in [1.54, 1.807) is 0 Å². The van der Waals surface area contributed by atoms with Crippen molar-refractivity contribution in [2.24, 2.45) is 0 Å². The molecule has 0 amide bonds. The average molecular weight is 1140 g/mol. The topological polar surface area (TPSA) is 78.9 Å². The normalized spacial score (nSPS) is 13.4. The second-order valence-electron chi connectivity index (χ2n) is 20.9. The van der Waals surface area contributed by atoms with Crippen molar-refractivity contribution in [1.82, 2.24) is 0 Å². The maximum atomic E-state index is 12.9. The van der Waals surface area contributed by atoms with Crippen LogP contribution in [-0.4, -0.2) is 37.2 Å². The van der Waals surface area contributed by atoms with Gasteiger partial charge in [-0.2, -0.15) is 0 Å². The van der Waals surface area contributed by atoms with E-state index in [1.807, 2.05) is 12.2 Å². The van der Waals surface area contributed by atoms with Crippen LogP contribution in [0.4, 0.5) is 0 Å². The number of carbonyl (C=O) groups excluding carboxylic acids is 3. The summed E-state index contributed by atoms with van der Waals surface area (Å²) in [6.07, 6.45) is 105. The molecule has 83 heavy (non-hydrogen) atoms. The number of carbonyl (C=O) groups is 3. The molecular weight excluding hydrogens is 1020 g/mol. The molecule has 0 aliphatic carbocycles. The van der Waals surface area contributed by atoms with Crippen molar-refractivity contribution < 1.29 is 28.6 Å². The van der Waals surface area contributed by atoms with E-state index in [-0.39, 0.29) is 44.0 Å². The zero-order chi connectivity index (χ0) is 59.9. The maximum Gasteiger partial charge on any atom is 0.306 e. The Morgan fingerprint density at radius 3 is 0.759 bits per heavy atom. The van der Waals surface area contributed by atoms with Crippen LogP contribution in [0.5, 0.6) is 0 Å². The van der Waals surface area contributed by atoms with Gasteiger partial charge in [0.15, 0.2) is 6.10 Å². The minimum atomic E-state index is -0.839. The molecule has 0 N–H and O–H groups in total. The van der Waals surface area contributed by atoms with Gasteiger partial charge in [0, 0.05) is 19.3 Å². The molecule has 0 spiro atoms. The number of unbranched alkanes of at least 4 members (excludes halogenated alkanes) is 14. The van der Waals surface area contributed by atoms with Crippen LogP contribution in [0.3, 0.4) is 0 Å². The fraction of sp³-hybridized carbons (Fsp3) is 0.545. The van der Waals surface area contributed by atoms with Crippen molar-refractivity contribution in [2.75, 3.05) is 13.2 Å². The lowest BCUT2D eigenvalue weighted by atomic mass is 10.0.